The second-order valence-corrected chi connectivity index (χ2v) is 25.3. The van der Waals surface area contributed by atoms with Gasteiger partial charge in [-0.2, -0.15) is 11.8 Å². The van der Waals surface area contributed by atoms with E-state index in [4.69, 9.17) is 30.2 Å². The van der Waals surface area contributed by atoms with Crippen LogP contribution in [0.1, 0.15) is 112 Å². The smallest absolute Gasteiger partial charge is 0.315 e. The van der Waals surface area contributed by atoms with Crippen molar-refractivity contribution in [2.45, 2.75) is 137 Å². The number of urea groups is 1. The molecule has 13 N–H and O–H groups in total. The van der Waals surface area contributed by atoms with E-state index in [1.807, 2.05) is 42.2 Å². The summed E-state index contributed by atoms with van der Waals surface area (Å²) >= 11 is 2.72. The maximum Gasteiger partial charge on any atom is 0.315 e. The van der Waals surface area contributed by atoms with Gasteiger partial charge in [0.1, 0.15) is 25.0 Å². The fourth-order valence-corrected chi connectivity index (χ4v) is 12.8. The van der Waals surface area contributed by atoms with Crippen LogP contribution in [-0.4, -0.2) is 207 Å². The standard InChI is InChI=1S/C63H91N13O17S2/c64-60(86)49(13-5-6-23-66-53(79)15-4-3-14-52-59-50(40-94-52)74-63(89)75-59)73-56(82)39-93-32-30-90-27-25-67-55(81)38-92-31-29-91-28-26-69-62(88)44(37-77)33-51(78)42(34-57(83)84)17-20-45(72-54(80)16-7-9-43-35-70-48-12-2-1-11-47(43)48)10-8-24-68-61(87)41-18-21-46(22-19-41)95-58(85)36-71-76-65/h1-2,11-12,18-19,21-22,35,42,44-45,49-50,52,59,70,77H,3-10,13-17,20,23-34,36-40H2,(H2,64,86)(H,66,79)(H,67,81)(H,68,87)(H,69,88)(H,72,80)(H,73,82)(H,83,84)(H2,74,75,89)/t42?,44?,45?,49?,50-,52-,59-/m0/s1. The number of nitrogens with two attached hydrogens (primary N) is 1. The van der Waals surface area contributed by atoms with E-state index in [0.29, 0.717) is 73.6 Å². The summed E-state index contributed by atoms with van der Waals surface area (Å²) in [5.74, 6) is -6.06. The average Bonchev–Trinajstić information content (AvgIpc) is 1.70. The number of para-hydroxylation sites is 1. The molecule has 9 amide bonds. The maximum atomic E-state index is 13.7. The molecule has 0 spiro atoms. The summed E-state index contributed by atoms with van der Waals surface area (Å²) in [6.45, 7) is -0.308. The summed E-state index contributed by atoms with van der Waals surface area (Å²) in [5.41, 5.74) is 16.4. The first-order chi connectivity index (χ1) is 45.9. The number of nitrogens with zero attached hydrogens (tertiary/aromatic N) is 3. The molecule has 5 rings (SSSR count). The number of carbonyl (C=O) groups is 11. The highest BCUT2D eigenvalue weighted by Crippen LogP contribution is 2.33. The number of aryl methyl sites for hydroxylation is 1. The van der Waals surface area contributed by atoms with Gasteiger partial charge in [-0.25, -0.2) is 4.79 Å². The highest BCUT2D eigenvalue weighted by molar-refractivity contribution is 8.13. The van der Waals surface area contributed by atoms with Gasteiger partial charge in [-0.1, -0.05) is 41.5 Å². The minimum atomic E-state index is -1.24. The molecule has 522 valence electrons. The number of amides is 9. The van der Waals surface area contributed by atoms with Crippen LogP contribution in [0.4, 0.5) is 4.79 Å². The van der Waals surface area contributed by atoms with Gasteiger partial charge in [-0.3, -0.25) is 47.9 Å². The number of carbonyl (C=O) groups excluding carboxylic acids is 10. The normalized spacial score (nSPS) is 16.0. The van der Waals surface area contributed by atoms with Gasteiger partial charge >= 0.3 is 12.0 Å². The number of ketones is 1. The van der Waals surface area contributed by atoms with Crippen molar-refractivity contribution in [1.29, 1.82) is 0 Å². The summed E-state index contributed by atoms with van der Waals surface area (Å²) in [7, 11) is 0. The van der Waals surface area contributed by atoms with Crippen LogP contribution in [0, 0.1) is 11.8 Å². The molecule has 2 aliphatic rings. The molecule has 2 aliphatic heterocycles. The number of unbranched alkanes of at least 4 members (excludes halogenated alkanes) is 2. The Morgan fingerprint density at radius 2 is 1.40 bits per heavy atom. The molecule has 4 unspecified atom stereocenters. The number of rotatable bonds is 51. The second-order valence-electron chi connectivity index (χ2n) is 22.9. The third-order valence-corrected chi connectivity index (χ3v) is 18.0. The molecule has 0 aliphatic carbocycles. The molecule has 3 aromatic rings. The van der Waals surface area contributed by atoms with E-state index in [9.17, 15) is 63.0 Å². The number of carboxylic acids is 1. The number of hydrogen-bond donors (Lipinski definition) is 12. The van der Waals surface area contributed by atoms with E-state index in [0.717, 1.165) is 53.2 Å². The Kier molecular flexibility index (Phi) is 36.7. The third kappa shape index (κ3) is 31.1. The Bertz CT molecular complexity index is 3030. The highest BCUT2D eigenvalue weighted by atomic mass is 32.2. The monoisotopic (exact) mass is 1370 g/mol. The van der Waals surface area contributed by atoms with Crippen molar-refractivity contribution < 1.29 is 81.9 Å². The van der Waals surface area contributed by atoms with Crippen LogP contribution in [0.5, 0.6) is 0 Å². The molecule has 95 heavy (non-hydrogen) atoms. The van der Waals surface area contributed by atoms with Gasteiger partial charge < -0.3 is 82.4 Å². The Hall–Kier alpha value is -7.84. The van der Waals surface area contributed by atoms with Gasteiger partial charge in [0.2, 0.25) is 35.4 Å². The number of aliphatic hydroxyl groups is 1. The van der Waals surface area contributed by atoms with Gasteiger partial charge in [0, 0.05) is 101 Å². The number of nitrogens with one attached hydrogen (secondary N) is 9. The first-order valence-corrected chi connectivity index (χ1v) is 34.0. The minimum absolute atomic E-state index is 0.00608. The second kappa shape index (κ2) is 44.8. The van der Waals surface area contributed by atoms with Crippen molar-refractivity contribution >= 4 is 98.7 Å². The number of aromatic nitrogens is 1. The summed E-state index contributed by atoms with van der Waals surface area (Å²) < 4.78 is 21.6. The van der Waals surface area contributed by atoms with Gasteiger partial charge in [0.15, 0.2) is 5.12 Å². The Morgan fingerprint density at radius 1 is 0.705 bits per heavy atom. The first-order valence-electron chi connectivity index (χ1n) is 32.1. The largest absolute Gasteiger partial charge is 0.481 e. The van der Waals surface area contributed by atoms with Gasteiger partial charge in [-0.05, 0) is 112 Å². The van der Waals surface area contributed by atoms with Gasteiger partial charge in [-0.15, -0.1) is 0 Å². The van der Waals surface area contributed by atoms with Crippen LogP contribution in [0.3, 0.4) is 0 Å². The maximum absolute atomic E-state index is 13.7. The zero-order chi connectivity index (χ0) is 68.6. The number of fused-ring (bicyclic) bond motifs is 2. The number of carboxylic acid groups (broad SMARTS) is 1. The lowest BCUT2D eigenvalue weighted by Gasteiger charge is -2.23. The SMILES string of the molecule is [N-]=[N+]=NCC(=O)Sc1ccc(C(=O)NCCCC(CCC(CC(=O)O)C(=O)CC(CO)C(=O)NCCOCCOCC(=O)NCCOCCOCC(=O)NC(CCCCNC(=O)CCCC[C@@H]2SC[C@@H]3NC(=O)N[C@@H]32)C(N)=O)NC(=O)CCCc2c[nH]c3ccccc23)cc1. The van der Waals surface area contributed by atoms with E-state index in [2.05, 4.69) is 57.5 Å². The number of primary amides is 1. The zero-order valence-corrected chi connectivity index (χ0v) is 55.0. The number of benzene rings is 2. The molecular weight excluding hydrogens is 1270 g/mol. The Labute approximate surface area is 559 Å². The van der Waals surface area contributed by atoms with E-state index in [1.165, 1.54) is 0 Å². The van der Waals surface area contributed by atoms with E-state index >= 15 is 0 Å². The molecule has 3 heterocycles. The quantitative estimate of drug-likeness (QED) is 0.00965. The molecule has 0 bridgehead atoms. The average molecular weight is 1370 g/mol. The van der Waals surface area contributed by atoms with Crippen LogP contribution in [0.25, 0.3) is 21.3 Å². The molecule has 7 atom stereocenters. The molecule has 0 saturated carbocycles. The molecule has 32 heteroatoms. The van der Waals surface area contributed by atoms with Crippen molar-refractivity contribution in [2.24, 2.45) is 22.7 Å². The van der Waals surface area contributed by atoms with Crippen molar-refractivity contribution in [3.63, 3.8) is 0 Å². The van der Waals surface area contributed by atoms with E-state index < -0.39 is 78.7 Å². The summed E-state index contributed by atoms with van der Waals surface area (Å²) in [6.07, 6.45) is 7.72. The van der Waals surface area contributed by atoms with Crippen molar-refractivity contribution in [2.75, 3.05) is 97.9 Å². The molecule has 2 fully saturated rings. The summed E-state index contributed by atoms with van der Waals surface area (Å²) in [4.78, 5) is 144. The number of aromatic amines is 1. The fraction of sp³-hybridized carbons (Fsp3) is 0.603. The molecule has 0 radical (unpaired) electrons. The van der Waals surface area contributed by atoms with Crippen LogP contribution in [0.2, 0.25) is 0 Å². The summed E-state index contributed by atoms with van der Waals surface area (Å²) in [5, 5.41) is 46.7. The van der Waals surface area contributed by atoms with Crippen molar-refractivity contribution in [3.8, 4) is 0 Å². The number of hydrogen-bond acceptors (Lipinski definition) is 19. The lowest BCUT2D eigenvalue weighted by Crippen LogP contribution is -2.45. The van der Waals surface area contributed by atoms with Gasteiger partial charge in [0.05, 0.1) is 77.2 Å². The Morgan fingerprint density at radius 3 is 2.13 bits per heavy atom. The van der Waals surface area contributed by atoms with Crippen LogP contribution in [0.15, 0.2) is 64.7 Å². The molecular formula is C63H91N13O17S2. The molecule has 2 saturated heterocycles. The zero-order valence-electron chi connectivity index (χ0n) is 53.4. The number of H-pyrrole nitrogens is 1. The van der Waals surface area contributed by atoms with E-state index in [1.54, 1.807) is 24.3 Å². The van der Waals surface area contributed by atoms with Crippen LogP contribution >= 0.6 is 23.5 Å². The predicted octanol–water partition coefficient (Wildman–Crippen LogP) is 2.83. The minimum Gasteiger partial charge on any atom is -0.481 e. The number of Topliss-reactive ketones (excluding diaryl/α,β-unsaturated/α-hetero) is 1. The lowest BCUT2D eigenvalue weighted by molar-refractivity contribution is -0.141. The number of thioether (sulfide) groups is 2. The number of aliphatic hydroxyl groups excluding tert-OH is 1. The topological polar surface area (TPSA) is 452 Å². The Balaban J connectivity index is 0.890. The van der Waals surface area contributed by atoms with E-state index in [-0.39, 0.29) is 139 Å². The predicted molar refractivity (Wildman–Crippen MR) is 352 cm³/mol. The number of aliphatic carboxylic acids is 1. The van der Waals surface area contributed by atoms with Crippen LogP contribution in [-0.2, 0) is 68.5 Å². The number of ether oxygens (including phenoxy) is 4. The third-order valence-electron chi connectivity index (χ3n) is 15.6. The summed E-state index contributed by atoms with van der Waals surface area (Å²) in [6, 6.07) is 12.9. The number of azide groups is 1. The molecule has 1 aromatic heterocycles. The fourth-order valence-electron chi connectivity index (χ4n) is 10.6. The van der Waals surface area contributed by atoms with Gasteiger partial charge in [0.25, 0.3) is 5.91 Å². The van der Waals surface area contributed by atoms with Crippen molar-refractivity contribution in [1.82, 2.24) is 47.5 Å². The molecule has 30 nitrogen and oxygen atoms in total. The van der Waals surface area contributed by atoms with Crippen LogP contribution < -0.4 is 48.3 Å². The first kappa shape index (κ1) is 77.9. The van der Waals surface area contributed by atoms with Crippen molar-refractivity contribution in [3.05, 3.63) is 76.3 Å². The molecule has 2 aromatic carbocycles. The lowest BCUT2D eigenvalue weighted by atomic mass is 9.87. The highest BCUT2D eigenvalue weighted by Gasteiger charge is 2.42.